The van der Waals surface area contributed by atoms with E-state index in [-0.39, 0.29) is 35.7 Å². The SMILES string of the molecule is C.Cc1ccc(N)c(F)c1C(=O)c1cn(C)c2ncc(C)c(C)c12.Cc1ccc(NS(C)(=O)=O)c(F)c1C(=O)c1cn(C)c2ncc(C)c(C)c12. The Kier molecular flexibility index (Phi) is 10.6. The van der Waals surface area contributed by atoms with Crippen LogP contribution in [0.1, 0.15) is 72.7 Å². The number of nitrogens with one attached hydrogen (secondary N) is 1. The minimum absolute atomic E-state index is 0. The molecule has 4 heterocycles. The summed E-state index contributed by atoms with van der Waals surface area (Å²) in [6, 6.07) is 5.96. The van der Waals surface area contributed by atoms with Gasteiger partial charge in [-0.3, -0.25) is 14.3 Å². The third kappa shape index (κ3) is 6.98. The Labute approximate surface area is 296 Å². The number of pyridine rings is 2. The van der Waals surface area contributed by atoms with Crippen LogP contribution in [0.15, 0.2) is 49.1 Å². The summed E-state index contributed by atoms with van der Waals surface area (Å²) in [5.41, 5.74) is 12.1. The van der Waals surface area contributed by atoms with Crippen molar-refractivity contribution in [2.45, 2.75) is 49.0 Å². The van der Waals surface area contributed by atoms with Gasteiger partial charge in [-0.1, -0.05) is 19.6 Å². The number of carbonyl (C=O) groups excluding carboxylic acids is 2. The summed E-state index contributed by atoms with van der Waals surface area (Å²) in [4.78, 5) is 35.0. The average molecular weight is 717 g/mol. The highest BCUT2D eigenvalue weighted by Gasteiger charge is 2.26. The largest absolute Gasteiger partial charge is 0.396 e. The summed E-state index contributed by atoms with van der Waals surface area (Å²) in [5.74, 6) is -2.43. The molecule has 0 fully saturated rings. The molecule has 6 aromatic rings. The highest BCUT2D eigenvalue weighted by molar-refractivity contribution is 7.92. The summed E-state index contributed by atoms with van der Waals surface area (Å²) in [6.45, 7) is 11.0. The van der Waals surface area contributed by atoms with Crippen LogP contribution < -0.4 is 10.5 Å². The fraction of sp³-hybridized carbons (Fsp3) is 0.263. The topological polar surface area (TPSA) is 142 Å². The molecule has 0 atom stereocenters. The number of nitrogens with two attached hydrogens (primary N) is 1. The summed E-state index contributed by atoms with van der Waals surface area (Å²) >= 11 is 0. The molecule has 0 aliphatic rings. The minimum atomic E-state index is -3.68. The van der Waals surface area contributed by atoms with E-state index in [0.29, 0.717) is 38.9 Å². The molecule has 3 N–H and O–H groups in total. The van der Waals surface area contributed by atoms with Crippen molar-refractivity contribution >= 4 is 55.0 Å². The molecular weight excluding hydrogens is 675 g/mol. The maximum Gasteiger partial charge on any atom is 0.229 e. The standard InChI is InChI=1S/C19H20FN3O3S.C18H18FN3O.CH4/c1-10-6-7-14(22-27(5,25)26)17(20)15(10)18(24)13-9-23(4)19-16(13)12(3)11(2)8-21-19;1-9-5-6-13(20)16(19)14(9)17(23)12-8-22(4)18-15(12)11(3)10(2)7-21-18;/h6-9,22H,1-5H3;5-8H,20H2,1-4H3;1H4. The van der Waals surface area contributed by atoms with Crippen LogP contribution >= 0.6 is 0 Å². The molecule has 2 aromatic carbocycles. The second kappa shape index (κ2) is 14.1. The van der Waals surface area contributed by atoms with E-state index in [4.69, 9.17) is 5.73 Å². The van der Waals surface area contributed by atoms with Gasteiger partial charge in [0, 0.05) is 49.7 Å². The van der Waals surface area contributed by atoms with Gasteiger partial charge in [0.25, 0.3) is 0 Å². The first-order valence-electron chi connectivity index (χ1n) is 15.6. The van der Waals surface area contributed by atoms with Crippen LogP contribution in [0, 0.1) is 53.2 Å². The predicted octanol–water partition coefficient (Wildman–Crippen LogP) is 7.33. The van der Waals surface area contributed by atoms with E-state index in [9.17, 15) is 22.4 Å². The van der Waals surface area contributed by atoms with Crippen molar-refractivity contribution in [3.05, 3.63) is 116 Å². The van der Waals surface area contributed by atoms with Gasteiger partial charge in [0.05, 0.1) is 39.9 Å². The third-order valence-electron chi connectivity index (χ3n) is 8.96. The maximum atomic E-state index is 15.0. The first kappa shape index (κ1) is 38.4. The van der Waals surface area contributed by atoms with Gasteiger partial charge in [0.15, 0.2) is 23.2 Å². The van der Waals surface area contributed by atoms with Crippen molar-refractivity contribution < 1.29 is 26.8 Å². The number of fused-ring (bicyclic) bond motifs is 2. The molecule has 0 saturated carbocycles. The van der Waals surface area contributed by atoms with Crippen LogP contribution in [0.4, 0.5) is 20.2 Å². The molecule has 0 spiro atoms. The lowest BCUT2D eigenvalue weighted by molar-refractivity contribution is 0.102. The van der Waals surface area contributed by atoms with Crippen molar-refractivity contribution in [3.63, 3.8) is 0 Å². The predicted molar refractivity (Wildman–Crippen MR) is 199 cm³/mol. The summed E-state index contributed by atoms with van der Waals surface area (Å²) in [7, 11) is -0.0855. The number of anilines is 2. The van der Waals surface area contributed by atoms with Crippen LogP contribution in [-0.2, 0) is 24.1 Å². The first-order chi connectivity index (χ1) is 23.3. The van der Waals surface area contributed by atoms with Gasteiger partial charge in [-0.2, -0.15) is 0 Å². The van der Waals surface area contributed by atoms with Crippen LogP contribution in [0.2, 0.25) is 0 Å². The average Bonchev–Trinajstić information content (AvgIpc) is 3.57. The van der Waals surface area contributed by atoms with Gasteiger partial charge >= 0.3 is 0 Å². The first-order valence-corrected chi connectivity index (χ1v) is 17.5. The second-order valence-electron chi connectivity index (χ2n) is 12.6. The Hall–Kier alpha value is -5.43. The van der Waals surface area contributed by atoms with Crippen LogP contribution in [0.25, 0.3) is 22.1 Å². The molecule has 13 heteroatoms. The number of ketones is 2. The number of carbonyl (C=O) groups is 2. The highest BCUT2D eigenvalue weighted by Crippen LogP contribution is 2.32. The monoisotopic (exact) mass is 716 g/mol. The molecule has 10 nitrogen and oxygen atoms in total. The Morgan fingerprint density at radius 2 is 1.12 bits per heavy atom. The van der Waals surface area contributed by atoms with Crippen LogP contribution in [0.5, 0.6) is 0 Å². The van der Waals surface area contributed by atoms with E-state index in [1.54, 1.807) is 60.9 Å². The molecule has 4 aromatic heterocycles. The molecule has 0 aliphatic carbocycles. The van der Waals surface area contributed by atoms with E-state index < -0.39 is 27.4 Å². The molecule has 0 bridgehead atoms. The molecule has 6 rings (SSSR count). The zero-order valence-electron chi connectivity index (χ0n) is 29.3. The van der Waals surface area contributed by atoms with E-state index in [1.165, 1.54) is 18.2 Å². The highest BCUT2D eigenvalue weighted by atomic mass is 32.2. The maximum absolute atomic E-state index is 15.0. The molecule has 51 heavy (non-hydrogen) atoms. The third-order valence-corrected chi connectivity index (χ3v) is 9.55. The Bertz CT molecular complexity index is 2500. The summed E-state index contributed by atoms with van der Waals surface area (Å²) in [6.07, 6.45) is 7.76. The van der Waals surface area contributed by atoms with E-state index >= 15 is 4.39 Å². The van der Waals surface area contributed by atoms with Crippen molar-refractivity contribution in [1.29, 1.82) is 0 Å². The fourth-order valence-electron chi connectivity index (χ4n) is 6.00. The number of aryl methyl sites for hydroxylation is 8. The van der Waals surface area contributed by atoms with Crippen LogP contribution in [0.3, 0.4) is 0 Å². The van der Waals surface area contributed by atoms with Crippen molar-refractivity contribution in [2.75, 3.05) is 16.7 Å². The molecule has 0 amide bonds. The van der Waals surface area contributed by atoms with Crippen molar-refractivity contribution in [3.8, 4) is 0 Å². The van der Waals surface area contributed by atoms with Gasteiger partial charge < -0.3 is 14.9 Å². The molecule has 0 unspecified atom stereocenters. The lowest BCUT2D eigenvalue weighted by atomic mass is 9.96. The number of sulfonamides is 1. The normalized spacial score (nSPS) is 11.3. The Morgan fingerprint density at radius 3 is 1.55 bits per heavy atom. The fourth-order valence-corrected chi connectivity index (χ4v) is 6.56. The molecule has 0 radical (unpaired) electrons. The molecule has 0 saturated heterocycles. The van der Waals surface area contributed by atoms with Gasteiger partial charge in [0.2, 0.25) is 10.0 Å². The molecule has 0 aliphatic heterocycles. The number of halogens is 2. The van der Waals surface area contributed by atoms with Crippen molar-refractivity contribution in [1.82, 2.24) is 19.1 Å². The van der Waals surface area contributed by atoms with Gasteiger partial charge in [0.1, 0.15) is 11.3 Å². The molecular formula is C38H42F2N6O4S. The van der Waals surface area contributed by atoms with E-state index in [2.05, 4.69) is 14.7 Å². The molecule has 268 valence electrons. The zero-order chi connectivity index (χ0) is 37.0. The summed E-state index contributed by atoms with van der Waals surface area (Å²) in [5, 5.41) is 1.43. The number of nitrogens with zero attached hydrogens (tertiary/aromatic N) is 4. The lowest BCUT2D eigenvalue weighted by Gasteiger charge is -2.12. The number of aromatic nitrogens is 4. The quantitative estimate of drug-likeness (QED) is 0.136. The Morgan fingerprint density at radius 1 is 0.706 bits per heavy atom. The summed E-state index contributed by atoms with van der Waals surface area (Å²) < 4.78 is 58.0. The number of nitrogen functional groups attached to an aromatic ring is 1. The second-order valence-corrected chi connectivity index (χ2v) is 14.4. The van der Waals surface area contributed by atoms with E-state index in [0.717, 1.165) is 33.9 Å². The van der Waals surface area contributed by atoms with Gasteiger partial charge in [-0.15, -0.1) is 0 Å². The van der Waals surface area contributed by atoms with E-state index in [1.807, 2.05) is 34.7 Å². The van der Waals surface area contributed by atoms with Gasteiger partial charge in [-0.25, -0.2) is 27.2 Å². The number of rotatable bonds is 6. The van der Waals surface area contributed by atoms with Crippen LogP contribution in [-0.4, -0.2) is 45.3 Å². The Balaban J connectivity index is 0.000000227. The zero-order valence-corrected chi connectivity index (χ0v) is 30.1. The minimum Gasteiger partial charge on any atom is -0.396 e. The number of hydrogen-bond donors (Lipinski definition) is 2. The van der Waals surface area contributed by atoms with Crippen molar-refractivity contribution in [2.24, 2.45) is 14.1 Å². The number of hydrogen-bond acceptors (Lipinski definition) is 7. The smallest absolute Gasteiger partial charge is 0.229 e. The number of benzene rings is 2. The van der Waals surface area contributed by atoms with Gasteiger partial charge in [-0.05, 0) is 87.1 Å². The lowest BCUT2D eigenvalue weighted by Crippen LogP contribution is -2.14.